The van der Waals surface area contributed by atoms with Gasteiger partial charge in [0.2, 0.25) is 5.91 Å². The number of likely N-dealkylation sites (N-methyl/N-ethyl adjacent to an activating group) is 1. The molecule has 0 aromatic rings. The summed E-state index contributed by atoms with van der Waals surface area (Å²) in [5, 5.41) is 24.7. The van der Waals surface area contributed by atoms with E-state index in [2.05, 4.69) is 67.8 Å². The molecule has 9 nitrogen and oxygen atoms in total. The second kappa shape index (κ2) is 53.8. The van der Waals surface area contributed by atoms with Crippen LogP contribution in [0.5, 0.6) is 0 Å². The molecule has 4 atom stereocenters. The van der Waals surface area contributed by atoms with Crippen LogP contribution in [0.2, 0.25) is 0 Å². The molecule has 0 aliphatic carbocycles. The minimum atomic E-state index is -4.68. The molecule has 3 N–H and O–H groups in total. The van der Waals surface area contributed by atoms with Gasteiger partial charge in [-0.25, -0.2) is 0 Å². The van der Waals surface area contributed by atoms with Gasteiger partial charge in [0.25, 0.3) is 7.82 Å². The zero-order valence-corrected chi connectivity index (χ0v) is 49.6. The Balaban J connectivity index is 3.99. The third-order valence-electron chi connectivity index (χ3n) is 14.1. The van der Waals surface area contributed by atoms with Crippen molar-refractivity contribution in [3.63, 3.8) is 0 Å². The number of hydrogen-bond acceptors (Lipinski definition) is 7. The Hall–Kier alpha value is -1.58. The van der Waals surface area contributed by atoms with Crippen LogP contribution in [0.15, 0.2) is 48.6 Å². The molecule has 0 fully saturated rings. The maximum absolute atomic E-state index is 13.0. The predicted octanol–water partition coefficient (Wildman–Crippen LogP) is 17.4. The number of nitrogens with one attached hydrogen (secondary N) is 1. The van der Waals surface area contributed by atoms with E-state index in [9.17, 15) is 24.5 Å². The molecule has 0 rings (SSSR count). The van der Waals surface area contributed by atoms with Crippen LogP contribution in [0.3, 0.4) is 0 Å². The molecule has 0 spiro atoms. The number of carbonyl (C=O) groups excluding carboxylic acids is 1. The third kappa shape index (κ3) is 55.0. The summed E-state index contributed by atoms with van der Waals surface area (Å²) in [5.41, 5.74) is 0. The molecular formula is C63H121N2O7P. The second-order valence-corrected chi connectivity index (χ2v) is 24.0. The van der Waals surface area contributed by atoms with Crippen molar-refractivity contribution in [2.45, 2.75) is 308 Å². The molecule has 0 saturated heterocycles. The predicted molar refractivity (Wildman–Crippen MR) is 313 cm³/mol. The van der Waals surface area contributed by atoms with Crippen molar-refractivity contribution in [3.05, 3.63) is 48.6 Å². The first-order valence-electron chi connectivity index (χ1n) is 31.1. The summed E-state index contributed by atoms with van der Waals surface area (Å²) in [5.74, 6) is -0.285. The highest BCUT2D eigenvalue weighted by Gasteiger charge is 2.29. The molecule has 0 bridgehead atoms. The van der Waals surface area contributed by atoms with Crippen molar-refractivity contribution >= 4 is 13.7 Å². The third-order valence-corrected chi connectivity index (χ3v) is 15.1. The lowest BCUT2D eigenvalue weighted by atomic mass is 10.0. The largest absolute Gasteiger partial charge is 0.756 e. The Morgan fingerprint density at radius 2 is 0.822 bits per heavy atom. The molecule has 1 amide bonds. The standard InChI is InChI=1S/C63H121N2O7P/c1-6-8-10-12-14-16-18-20-21-22-23-24-25-26-27-28-29-30-31-32-33-34-35-36-37-38-39-40-41-42-43-44-46-48-50-52-54-56-62(67)64-60(59-72-73(69,70)71-58-57-65(3,4)5)63(68)61(66)55-53-51-49-47-45-19-17-15-13-11-9-7-2/h18,20,22-23,25-26,47,49,60-61,63,66,68H,6-17,19,21,24,27-46,48,50-59H2,1-5H3,(H-,64,67,69,70)/b20-18-,23-22-,26-25-,49-47+. The van der Waals surface area contributed by atoms with Gasteiger partial charge >= 0.3 is 0 Å². The quantitative estimate of drug-likeness (QED) is 0.0240. The summed E-state index contributed by atoms with van der Waals surface area (Å²) in [6.45, 7) is 4.42. The van der Waals surface area contributed by atoms with Crippen LogP contribution in [-0.2, 0) is 18.4 Å². The smallest absolute Gasteiger partial charge is 0.268 e. The molecule has 0 heterocycles. The highest BCUT2D eigenvalue weighted by Crippen LogP contribution is 2.38. The molecule has 0 aliphatic heterocycles. The molecule has 10 heteroatoms. The minimum Gasteiger partial charge on any atom is -0.756 e. The lowest BCUT2D eigenvalue weighted by molar-refractivity contribution is -0.870. The molecule has 0 saturated carbocycles. The van der Waals surface area contributed by atoms with Crippen molar-refractivity contribution in [2.75, 3.05) is 40.9 Å². The van der Waals surface area contributed by atoms with Crippen molar-refractivity contribution in [1.82, 2.24) is 5.32 Å². The highest BCUT2D eigenvalue weighted by atomic mass is 31.2. The molecule has 430 valence electrons. The fourth-order valence-corrected chi connectivity index (χ4v) is 9.93. The van der Waals surface area contributed by atoms with Crippen LogP contribution in [0.4, 0.5) is 0 Å². The summed E-state index contributed by atoms with van der Waals surface area (Å²) in [6.07, 6.45) is 67.8. The number of quaternary nitrogens is 1. The molecule has 0 radical (unpaired) electrons. The van der Waals surface area contributed by atoms with E-state index in [1.165, 1.54) is 212 Å². The van der Waals surface area contributed by atoms with E-state index in [0.717, 1.165) is 38.5 Å². The first-order chi connectivity index (χ1) is 35.4. The maximum Gasteiger partial charge on any atom is 0.268 e. The number of hydrogen-bond donors (Lipinski definition) is 3. The number of rotatable bonds is 57. The minimum absolute atomic E-state index is 0.0452. The van der Waals surface area contributed by atoms with Crippen LogP contribution >= 0.6 is 7.82 Å². The number of phosphoric acid groups is 1. The van der Waals surface area contributed by atoms with E-state index in [-0.39, 0.29) is 18.9 Å². The summed E-state index contributed by atoms with van der Waals surface area (Å²) < 4.78 is 23.3. The molecule has 0 aromatic carbocycles. The lowest BCUT2D eigenvalue weighted by Crippen LogP contribution is -2.51. The highest BCUT2D eigenvalue weighted by molar-refractivity contribution is 7.45. The summed E-state index contributed by atoms with van der Waals surface area (Å²) >= 11 is 0. The van der Waals surface area contributed by atoms with Gasteiger partial charge in [-0.15, -0.1) is 0 Å². The Labute approximate surface area is 452 Å². The Kier molecular flexibility index (Phi) is 52.6. The number of carbonyl (C=O) groups is 1. The van der Waals surface area contributed by atoms with E-state index < -0.39 is 32.7 Å². The number of allylic oxidation sites excluding steroid dienone is 8. The fraction of sp³-hybridized carbons (Fsp3) is 0.857. The van der Waals surface area contributed by atoms with Crippen LogP contribution in [-0.4, -0.2) is 79.8 Å². The topological polar surface area (TPSA) is 128 Å². The van der Waals surface area contributed by atoms with Gasteiger partial charge in [-0.1, -0.05) is 255 Å². The van der Waals surface area contributed by atoms with E-state index >= 15 is 0 Å². The first-order valence-corrected chi connectivity index (χ1v) is 32.5. The number of amides is 1. The summed E-state index contributed by atoms with van der Waals surface area (Å²) in [4.78, 5) is 25.5. The number of aliphatic hydroxyl groups is 2. The van der Waals surface area contributed by atoms with Gasteiger partial charge in [0.15, 0.2) is 0 Å². The zero-order valence-electron chi connectivity index (χ0n) is 48.7. The van der Waals surface area contributed by atoms with Gasteiger partial charge in [-0.3, -0.25) is 9.36 Å². The van der Waals surface area contributed by atoms with Gasteiger partial charge in [0.1, 0.15) is 19.3 Å². The molecule has 4 unspecified atom stereocenters. The van der Waals surface area contributed by atoms with E-state index in [1.54, 1.807) is 0 Å². The van der Waals surface area contributed by atoms with Gasteiger partial charge in [0.05, 0.1) is 39.9 Å². The summed E-state index contributed by atoms with van der Waals surface area (Å²) in [7, 11) is 1.11. The fourth-order valence-electron chi connectivity index (χ4n) is 9.21. The van der Waals surface area contributed by atoms with Crippen molar-refractivity contribution in [2.24, 2.45) is 0 Å². The van der Waals surface area contributed by atoms with Crippen molar-refractivity contribution in [1.29, 1.82) is 0 Å². The van der Waals surface area contributed by atoms with Crippen LogP contribution in [0, 0.1) is 0 Å². The lowest BCUT2D eigenvalue weighted by Gasteiger charge is -2.31. The van der Waals surface area contributed by atoms with Crippen molar-refractivity contribution in [3.8, 4) is 0 Å². The van der Waals surface area contributed by atoms with Gasteiger partial charge < -0.3 is 34.0 Å². The maximum atomic E-state index is 13.0. The first kappa shape index (κ1) is 71.4. The Bertz CT molecular complexity index is 1350. The van der Waals surface area contributed by atoms with Gasteiger partial charge in [-0.05, 0) is 77.0 Å². The van der Waals surface area contributed by atoms with Crippen LogP contribution in [0.25, 0.3) is 0 Å². The zero-order chi connectivity index (χ0) is 53.6. The summed E-state index contributed by atoms with van der Waals surface area (Å²) in [6, 6.07) is -1.09. The molecule has 0 aliphatic rings. The average Bonchev–Trinajstić information content (AvgIpc) is 3.35. The van der Waals surface area contributed by atoms with Gasteiger partial charge in [0, 0.05) is 6.42 Å². The molecule has 73 heavy (non-hydrogen) atoms. The van der Waals surface area contributed by atoms with E-state index in [4.69, 9.17) is 9.05 Å². The second-order valence-electron chi connectivity index (χ2n) is 22.5. The number of nitrogens with zero attached hydrogens (tertiary/aromatic N) is 1. The van der Waals surface area contributed by atoms with Crippen LogP contribution < -0.4 is 10.2 Å². The Morgan fingerprint density at radius 3 is 1.21 bits per heavy atom. The van der Waals surface area contributed by atoms with E-state index in [0.29, 0.717) is 30.3 Å². The Morgan fingerprint density at radius 1 is 0.493 bits per heavy atom. The normalized spacial score (nSPS) is 14.6. The average molecular weight is 1050 g/mol. The SMILES string of the molecule is CCCCCCC/C=C\C/C=C\C/C=C\CCCCCCCCCCCCCCCCCCCCCCCCC(=O)NC(COP(=O)([O-])OCC[N+](C)(C)C)C(O)C(O)CCC/C=C/CCCCCCCCC. The molecular weight excluding hydrogens is 928 g/mol. The molecule has 0 aromatic heterocycles. The number of unbranched alkanes of at least 4 members (excludes halogenated alkanes) is 35. The number of phosphoric ester groups is 1. The number of aliphatic hydroxyl groups excluding tert-OH is 2. The monoisotopic (exact) mass is 1050 g/mol. The van der Waals surface area contributed by atoms with Crippen molar-refractivity contribution < 1.29 is 38.0 Å². The van der Waals surface area contributed by atoms with Gasteiger partial charge in [-0.2, -0.15) is 0 Å². The van der Waals surface area contributed by atoms with Crippen LogP contribution in [0.1, 0.15) is 290 Å². The van der Waals surface area contributed by atoms with E-state index in [1.807, 2.05) is 21.1 Å².